The molecular weight excluding hydrogens is 410 g/mol. The van der Waals surface area contributed by atoms with E-state index in [9.17, 15) is 9.59 Å². The van der Waals surface area contributed by atoms with E-state index in [1.165, 1.54) is 0 Å². The number of para-hydroxylation sites is 2. The quantitative estimate of drug-likeness (QED) is 0.442. The molecule has 2 atom stereocenters. The minimum atomic E-state index is -0.346. The molecule has 0 saturated carbocycles. The monoisotopic (exact) mass is 447 g/mol. The Hall–Kier alpha value is -2.95. The van der Waals surface area contributed by atoms with E-state index >= 15 is 0 Å². The number of carbonyl (C=O) groups is 1. The lowest BCUT2D eigenvalue weighted by Crippen LogP contribution is -2.38. The molecule has 0 N–H and O–H groups in total. The molecule has 0 aliphatic heterocycles. The van der Waals surface area contributed by atoms with Crippen LogP contribution in [-0.4, -0.2) is 26.9 Å². The number of hydrogen-bond donors (Lipinski definition) is 0. The average molecular weight is 448 g/mol. The highest BCUT2D eigenvalue weighted by molar-refractivity contribution is 5.79. The number of aryl methyl sites for hydroxylation is 1. The Labute approximate surface area is 197 Å². The van der Waals surface area contributed by atoms with Crippen molar-refractivity contribution in [3.05, 3.63) is 70.3 Å². The Kier molecular flexibility index (Phi) is 7.41. The van der Waals surface area contributed by atoms with Gasteiger partial charge in [-0.3, -0.25) is 14.2 Å². The van der Waals surface area contributed by atoms with E-state index in [0.29, 0.717) is 29.7 Å². The first-order valence-electron chi connectivity index (χ1n) is 11.9. The lowest BCUT2D eigenvalue weighted by atomic mass is 9.84. The van der Waals surface area contributed by atoms with Crippen molar-refractivity contribution in [2.45, 2.75) is 67.3 Å². The molecule has 0 fully saturated rings. The molecule has 1 heterocycles. The third kappa shape index (κ3) is 5.52. The molecular formula is C28H37N3O2. The predicted octanol–water partition coefficient (Wildman–Crippen LogP) is 6.07. The number of amides is 1. The normalized spacial score (nSPS) is 13.7. The van der Waals surface area contributed by atoms with E-state index in [2.05, 4.69) is 27.7 Å². The average Bonchev–Trinajstić information content (AvgIpc) is 2.73. The minimum Gasteiger partial charge on any atom is -0.333 e. The van der Waals surface area contributed by atoms with Gasteiger partial charge in [-0.1, -0.05) is 58.0 Å². The van der Waals surface area contributed by atoms with Crippen molar-refractivity contribution in [1.29, 1.82) is 0 Å². The lowest BCUT2D eigenvalue weighted by molar-refractivity contribution is -0.134. The topological polar surface area (TPSA) is 55.2 Å². The Morgan fingerprint density at radius 1 is 1.06 bits per heavy atom. The fourth-order valence-electron chi connectivity index (χ4n) is 4.82. The van der Waals surface area contributed by atoms with E-state index in [-0.39, 0.29) is 28.8 Å². The Morgan fingerprint density at radius 3 is 2.33 bits per heavy atom. The van der Waals surface area contributed by atoms with Gasteiger partial charge in [-0.05, 0) is 62.3 Å². The lowest BCUT2D eigenvalue weighted by Gasteiger charge is -2.31. The molecule has 2 unspecified atom stereocenters. The summed E-state index contributed by atoms with van der Waals surface area (Å²) in [6.45, 7) is 15.2. The van der Waals surface area contributed by atoms with Gasteiger partial charge >= 0.3 is 0 Å². The van der Waals surface area contributed by atoms with Gasteiger partial charge in [-0.2, -0.15) is 0 Å². The summed E-state index contributed by atoms with van der Waals surface area (Å²) < 4.78 is 1.69. The zero-order valence-electron chi connectivity index (χ0n) is 21.1. The number of rotatable bonds is 7. The first-order chi connectivity index (χ1) is 15.5. The summed E-state index contributed by atoms with van der Waals surface area (Å²) in [7, 11) is 0. The van der Waals surface area contributed by atoms with Gasteiger partial charge in [0.25, 0.3) is 5.56 Å². The van der Waals surface area contributed by atoms with Crippen LogP contribution in [0.5, 0.6) is 0 Å². The second kappa shape index (κ2) is 9.90. The second-order valence-electron chi connectivity index (χ2n) is 10.3. The SMILES string of the molecule is CCN(C(=O)CC(C)CC(C)(C)C)C(C)c1nc2ccccc2c(=O)n1-c1ccccc1C. The molecule has 3 aromatic rings. The Morgan fingerprint density at radius 2 is 1.70 bits per heavy atom. The van der Waals surface area contributed by atoms with E-state index in [4.69, 9.17) is 4.98 Å². The van der Waals surface area contributed by atoms with Gasteiger partial charge in [0.15, 0.2) is 0 Å². The van der Waals surface area contributed by atoms with Crippen LogP contribution in [0.1, 0.15) is 71.8 Å². The van der Waals surface area contributed by atoms with Crippen molar-refractivity contribution in [3.63, 3.8) is 0 Å². The van der Waals surface area contributed by atoms with Gasteiger partial charge < -0.3 is 4.90 Å². The molecule has 1 aromatic heterocycles. The van der Waals surface area contributed by atoms with Crippen LogP contribution in [0.15, 0.2) is 53.3 Å². The molecule has 0 spiro atoms. The summed E-state index contributed by atoms with van der Waals surface area (Å²) in [5.74, 6) is 0.967. The first kappa shape index (κ1) is 24.7. The van der Waals surface area contributed by atoms with Crippen molar-refractivity contribution < 1.29 is 4.79 Å². The molecule has 2 aromatic carbocycles. The molecule has 0 aliphatic rings. The summed E-state index contributed by atoms with van der Waals surface area (Å²) in [4.78, 5) is 33.8. The summed E-state index contributed by atoms with van der Waals surface area (Å²) in [6, 6.07) is 14.9. The third-order valence-corrected chi connectivity index (χ3v) is 6.14. The summed E-state index contributed by atoms with van der Waals surface area (Å²) in [6.07, 6.45) is 1.46. The Balaban J connectivity index is 2.09. The molecule has 5 nitrogen and oxygen atoms in total. The van der Waals surface area contributed by atoms with E-state index < -0.39 is 0 Å². The molecule has 1 amide bonds. The number of hydrogen-bond acceptors (Lipinski definition) is 3. The van der Waals surface area contributed by atoms with Gasteiger partial charge in [0.2, 0.25) is 5.91 Å². The smallest absolute Gasteiger partial charge is 0.266 e. The van der Waals surface area contributed by atoms with Gasteiger partial charge in [0.1, 0.15) is 5.82 Å². The number of benzene rings is 2. The molecule has 0 bridgehead atoms. The van der Waals surface area contributed by atoms with Gasteiger partial charge in [0.05, 0.1) is 22.6 Å². The maximum Gasteiger partial charge on any atom is 0.266 e. The Bertz CT molecular complexity index is 1190. The molecule has 0 saturated heterocycles. The van der Waals surface area contributed by atoms with E-state index in [1.54, 1.807) is 4.57 Å². The van der Waals surface area contributed by atoms with Crippen molar-refractivity contribution in [2.75, 3.05) is 6.54 Å². The summed E-state index contributed by atoms with van der Waals surface area (Å²) in [5.41, 5.74) is 2.50. The van der Waals surface area contributed by atoms with E-state index in [1.807, 2.05) is 74.2 Å². The number of carbonyl (C=O) groups excluding carboxylic acids is 1. The molecule has 0 aliphatic carbocycles. The van der Waals surface area contributed by atoms with Crippen molar-refractivity contribution >= 4 is 16.8 Å². The van der Waals surface area contributed by atoms with Crippen LogP contribution >= 0.6 is 0 Å². The third-order valence-electron chi connectivity index (χ3n) is 6.14. The van der Waals surface area contributed by atoms with Crippen molar-refractivity contribution in [1.82, 2.24) is 14.5 Å². The summed E-state index contributed by atoms with van der Waals surface area (Å²) >= 11 is 0. The molecule has 0 radical (unpaired) electrons. The number of aromatic nitrogens is 2. The van der Waals surface area contributed by atoms with Crippen LogP contribution in [0.3, 0.4) is 0 Å². The first-order valence-corrected chi connectivity index (χ1v) is 11.9. The van der Waals surface area contributed by atoms with Crippen molar-refractivity contribution in [2.24, 2.45) is 11.3 Å². The number of fused-ring (bicyclic) bond motifs is 1. The van der Waals surface area contributed by atoms with Crippen LogP contribution in [0.4, 0.5) is 0 Å². The van der Waals surface area contributed by atoms with Crippen LogP contribution in [0, 0.1) is 18.3 Å². The van der Waals surface area contributed by atoms with Crippen LogP contribution in [0.25, 0.3) is 16.6 Å². The second-order valence-corrected chi connectivity index (χ2v) is 10.3. The highest BCUT2D eigenvalue weighted by Gasteiger charge is 2.28. The van der Waals surface area contributed by atoms with Gasteiger partial charge in [-0.25, -0.2) is 4.98 Å². The maximum absolute atomic E-state index is 13.6. The molecule has 176 valence electrons. The van der Waals surface area contributed by atoms with Crippen molar-refractivity contribution in [3.8, 4) is 5.69 Å². The number of nitrogens with zero attached hydrogens (tertiary/aromatic N) is 3. The fourth-order valence-corrected chi connectivity index (χ4v) is 4.82. The zero-order chi connectivity index (χ0) is 24.3. The molecule has 33 heavy (non-hydrogen) atoms. The van der Waals surface area contributed by atoms with Crippen LogP contribution in [-0.2, 0) is 4.79 Å². The fraction of sp³-hybridized carbons (Fsp3) is 0.464. The summed E-state index contributed by atoms with van der Waals surface area (Å²) in [5, 5.41) is 0.574. The molecule has 5 heteroatoms. The minimum absolute atomic E-state index is 0.0977. The van der Waals surface area contributed by atoms with Gasteiger partial charge in [-0.15, -0.1) is 0 Å². The predicted molar refractivity (Wildman–Crippen MR) is 136 cm³/mol. The largest absolute Gasteiger partial charge is 0.333 e. The van der Waals surface area contributed by atoms with Gasteiger partial charge in [0, 0.05) is 13.0 Å². The zero-order valence-corrected chi connectivity index (χ0v) is 21.1. The molecule has 3 rings (SSSR count). The highest BCUT2D eigenvalue weighted by atomic mass is 16.2. The van der Waals surface area contributed by atoms with Crippen LogP contribution in [0.2, 0.25) is 0 Å². The highest BCUT2D eigenvalue weighted by Crippen LogP contribution is 2.29. The van der Waals surface area contributed by atoms with Crippen LogP contribution < -0.4 is 5.56 Å². The van der Waals surface area contributed by atoms with E-state index in [0.717, 1.165) is 17.7 Å². The maximum atomic E-state index is 13.6. The standard InChI is InChI=1S/C28H37N3O2/c1-8-30(25(32)17-19(2)18-28(5,6)7)21(4)26-29-23-15-11-10-14-22(23)27(33)31(26)24-16-12-9-13-20(24)3/h9-16,19,21H,8,17-18H2,1-7H3.